The summed E-state index contributed by atoms with van der Waals surface area (Å²) in [6.45, 7) is 12.6. The van der Waals surface area contributed by atoms with Crippen LogP contribution in [-0.2, 0) is 11.2 Å². The van der Waals surface area contributed by atoms with Gasteiger partial charge >= 0.3 is 0 Å². The van der Waals surface area contributed by atoms with Crippen LogP contribution in [0.1, 0.15) is 50.8 Å². The van der Waals surface area contributed by atoms with Gasteiger partial charge in [-0.15, -0.1) is 0 Å². The van der Waals surface area contributed by atoms with Crippen molar-refractivity contribution in [2.24, 2.45) is 5.92 Å². The van der Waals surface area contributed by atoms with E-state index in [9.17, 15) is 5.11 Å². The van der Waals surface area contributed by atoms with Gasteiger partial charge in [-0.05, 0) is 71.1 Å². The summed E-state index contributed by atoms with van der Waals surface area (Å²) in [7, 11) is 0. The Morgan fingerprint density at radius 1 is 1.20 bits per heavy atom. The Labute approximate surface area is 123 Å². The normalized spacial score (nSPS) is 25.6. The van der Waals surface area contributed by atoms with Crippen molar-refractivity contribution < 1.29 is 9.84 Å². The summed E-state index contributed by atoms with van der Waals surface area (Å²) in [6.07, 6.45) is 1.26. The Bertz CT molecular complexity index is 488. The SMILES string of the molecule is Cc1ccc(CC(O)C2CC(C)(C)OC2(C)C)cc1C. The van der Waals surface area contributed by atoms with Crippen molar-refractivity contribution in [3.8, 4) is 0 Å². The van der Waals surface area contributed by atoms with E-state index in [1.54, 1.807) is 0 Å². The molecule has 112 valence electrons. The van der Waals surface area contributed by atoms with Gasteiger partial charge in [-0.25, -0.2) is 0 Å². The molecule has 0 saturated carbocycles. The van der Waals surface area contributed by atoms with E-state index in [1.165, 1.54) is 16.7 Å². The van der Waals surface area contributed by atoms with E-state index in [1.807, 2.05) is 0 Å². The third-order valence-corrected chi connectivity index (χ3v) is 4.62. The third-order valence-electron chi connectivity index (χ3n) is 4.62. The highest BCUT2D eigenvalue weighted by Crippen LogP contribution is 2.44. The number of hydrogen-bond donors (Lipinski definition) is 1. The van der Waals surface area contributed by atoms with Gasteiger partial charge in [0.1, 0.15) is 0 Å². The Balaban J connectivity index is 2.12. The van der Waals surface area contributed by atoms with Crippen molar-refractivity contribution in [2.75, 3.05) is 0 Å². The van der Waals surface area contributed by atoms with Crippen molar-refractivity contribution in [3.05, 3.63) is 34.9 Å². The zero-order valence-corrected chi connectivity index (χ0v) is 13.7. The molecule has 0 spiro atoms. The van der Waals surface area contributed by atoms with Crippen LogP contribution in [0.5, 0.6) is 0 Å². The van der Waals surface area contributed by atoms with Crippen LogP contribution in [0.4, 0.5) is 0 Å². The highest BCUT2D eigenvalue weighted by Gasteiger charge is 2.48. The molecule has 1 N–H and O–H groups in total. The molecule has 2 heteroatoms. The van der Waals surface area contributed by atoms with Gasteiger partial charge < -0.3 is 9.84 Å². The van der Waals surface area contributed by atoms with E-state index in [-0.39, 0.29) is 23.2 Å². The van der Waals surface area contributed by atoms with Crippen LogP contribution in [0.2, 0.25) is 0 Å². The number of benzene rings is 1. The predicted molar refractivity (Wildman–Crippen MR) is 83.0 cm³/mol. The lowest BCUT2D eigenvalue weighted by Crippen LogP contribution is -2.37. The van der Waals surface area contributed by atoms with Crippen LogP contribution in [0.3, 0.4) is 0 Å². The lowest BCUT2D eigenvalue weighted by atomic mass is 9.81. The van der Waals surface area contributed by atoms with Crippen LogP contribution in [0.15, 0.2) is 18.2 Å². The van der Waals surface area contributed by atoms with Gasteiger partial charge in [-0.3, -0.25) is 0 Å². The standard InChI is InChI=1S/C18H28O2/c1-12-7-8-14(9-13(12)2)10-16(19)15-11-17(3,4)20-18(15,5)6/h7-9,15-16,19H,10-11H2,1-6H3. The van der Waals surface area contributed by atoms with E-state index < -0.39 is 0 Å². The van der Waals surface area contributed by atoms with Gasteiger partial charge in [0.05, 0.1) is 17.3 Å². The maximum absolute atomic E-state index is 10.7. The van der Waals surface area contributed by atoms with E-state index in [4.69, 9.17) is 4.74 Å². The molecule has 0 bridgehead atoms. The number of ether oxygens (including phenoxy) is 1. The van der Waals surface area contributed by atoms with Crippen LogP contribution in [-0.4, -0.2) is 22.4 Å². The minimum Gasteiger partial charge on any atom is -0.392 e. The van der Waals surface area contributed by atoms with Gasteiger partial charge in [-0.2, -0.15) is 0 Å². The average Bonchev–Trinajstić information content (AvgIpc) is 2.52. The van der Waals surface area contributed by atoms with Crippen molar-refractivity contribution in [1.29, 1.82) is 0 Å². The molecule has 1 aromatic carbocycles. The van der Waals surface area contributed by atoms with Crippen molar-refractivity contribution in [2.45, 2.75) is 71.7 Å². The van der Waals surface area contributed by atoms with Gasteiger partial charge in [0.25, 0.3) is 0 Å². The van der Waals surface area contributed by atoms with E-state index in [0.29, 0.717) is 6.42 Å². The molecule has 1 aliphatic heterocycles. The fourth-order valence-electron chi connectivity index (χ4n) is 3.52. The maximum Gasteiger partial charge on any atom is 0.0687 e. The fourth-order valence-corrected chi connectivity index (χ4v) is 3.52. The zero-order valence-electron chi connectivity index (χ0n) is 13.7. The second-order valence-electron chi connectivity index (χ2n) is 7.47. The van der Waals surface area contributed by atoms with Gasteiger partial charge in [-0.1, -0.05) is 18.2 Å². The molecule has 2 nitrogen and oxygen atoms in total. The van der Waals surface area contributed by atoms with E-state index in [2.05, 4.69) is 59.7 Å². The molecule has 1 fully saturated rings. The van der Waals surface area contributed by atoms with E-state index in [0.717, 1.165) is 6.42 Å². The van der Waals surface area contributed by atoms with Gasteiger partial charge in [0.2, 0.25) is 0 Å². The fraction of sp³-hybridized carbons (Fsp3) is 0.667. The Morgan fingerprint density at radius 3 is 2.35 bits per heavy atom. The second kappa shape index (κ2) is 5.16. The molecule has 0 aliphatic carbocycles. The first-order chi connectivity index (χ1) is 9.11. The molecule has 0 radical (unpaired) electrons. The summed E-state index contributed by atoms with van der Waals surface area (Å²) in [5.41, 5.74) is 3.40. The molecular formula is C18H28O2. The first-order valence-electron chi connectivity index (χ1n) is 7.55. The third kappa shape index (κ3) is 3.24. The molecule has 20 heavy (non-hydrogen) atoms. The molecule has 2 rings (SSSR count). The summed E-state index contributed by atoms with van der Waals surface area (Å²) >= 11 is 0. The summed E-state index contributed by atoms with van der Waals surface area (Å²) in [6, 6.07) is 6.45. The minimum absolute atomic E-state index is 0.141. The van der Waals surface area contributed by atoms with Crippen molar-refractivity contribution in [1.82, 2.24) is 0 Å². The monoisotopic (exact) mass is 276 g/mol. The quantitative estimate of drug-likeness (QED) is 0.910. The van der Waals surface area contributed by atoms with Crippen LogP contribution in [0.25, 0.3) is 0 Å². The summed E-state index contributed by atoms with van der Waals surface area (Å²) < 4.78 is 6.09. The first kappa shape index (κ1) is 15.5. The van der Waals surface area contributed by atoms with Gasteiger partial charge in [0.15, 0.2) is 0 Å². The Kier molecular flexibility index (Phi) is 4.01. The molecule has 1 heterocycles. The predicted octanol–water partition coefficient (Wildman–Crippen LogP) is 3.80. The summed E-state index contributed by atoms with van der Waals surface area (Å²) in [4.78, 5) is 0. The molecule has 2 unspecified atom stereocenters. The maximum atomic E-state index is 10.7. The lowest BCUT2D eigenvalue weighted by molar-refractivity contribution is -0.0873. The first-order valence-corrected chi connectivity index (χ1v) is 7.55. The number of aliphatic hydroxyl groups is 1. The second-order valence-corrected chi connectivity index (χ2v) is 7.47. The van der Waals surface area contributed by atoms with Crippen molar-refractivity contribution in [3.63, 3.8) is 0 Å². The molecule has 2 atom stereocenters. The molecule has 1 aliphatic rings. The number of aliphatic hydroxyl groups excluding tert-OH is 1. The average molecular weight is 276 g/mol. The zero-order chi connectivity index (χ0) is 15.1. The molecular weight excluding hydrogens is 248 g/mol. The summed E-state index contributed by atoms with van der Waals surface area (Å²) in [5.74, 6) is 0.180. The number of aryl methyl sites for hydroxylation is 2. The Morgan fingerprint density at radius 2 is 1.85 bits per heavy atom. The van der Waals surface area contributed by atoms with Crippen LogP contribution < -0.4 is 0 Å². The highest BCUT2D eigenvalue weighted by molar-refractivity contribution is 5.30. The molecule has 1 saturated heterocycles. The number of rotatable bonds is 3. The van der Waals surface area contributed by atoms with E-state index >= 15 is 0 Å². The highest BCUT2D eigenvalue weighted by atomic mass is 16.5. The number of hydrogen-bond acceptors (Lipinski definition) is 2. The van der Waals surface area contributed by atoms with Gasteiger partial charge in [0, 0.05) is 5.92 Å². The van der Waals surface area contributed by atoms with Crippen LogP contribution >= 0.6 is 0 Å². The minimum atomic E-state index is -0.353. The summed E-state index contributed by atoms with van der Waals surface area (Å²) in [5, 5.41) is 10.7. The molecule has 0 amide bonds. The topological polar surface area (TPSA) is 29.5 Å². The largest absolute Gasteiger partial charge is 0.392 e. The Hall–Kier alpha value is -0.860. The molecule has 0 aromatic heterocycles. The van der Waals surface area contributed by atoms with Crippen LogP contribution in [0, 0.1) is 19.8 Å². The smallest absolute Gasteiger partial charge is 0.0687 e. The van der Waals surface area contributed by atoms with Crippen molar-refractivity contribution >= 4 is 0 Å². The lowest BCUT2D eigenvalue weighted by Gasteiger charge is -2.30. The molecule has 1 aromatic rings.